The Balaban J connectivity index is 2.28. The summed E-state index contributed by atoms with van der Waals surface area (Å²) in [7, 11) is -3.62. The summed E-state index contributed by atoms with van der Waals surface area (Å²) in [5.41, 5.74) is 1.54. The van der Waals surface area contributed by atoms with Crippen LogP contribution >= 0.6 is 0 Å². The number of fused-ring (bicyclic) bond motifs is 1. The average molecular weight is 327 g/mol. The highest BCUT2D eigenvalue weighted by molar-refractivity contribution is 7.89. The Bertz CT molecular complexity index is 625. The third-order valence-electron chi connectivity index (χ3n) is 3.69. The number of hydrogen-bond donors (Lipinski definition) is 1. The lowest BCUT2D eigenvalue weighted by Gasteiger charge is -2.37. The minimum absolute atomic E-state index is 0.220. The maximum Gasteiger partial charge on any atom is 0.211 e. The third kappa shape index (κ3) is 4.69. The van der Waals surface area contributed by atoms with Gasteiger partial charge in [0, 0.05) is 6.42 Å². The molecule has 0 saturated heterocycles. The van der Waals surface area contributed by atoms with Crippen LogP contribution in [0.1, 0.15) is 50.8 Å². The Morgan fingerprint density at radius 1 is 1.41 bits per heavy atom. The van der Waals surface area contributed by atoms with E-state index in [0.717, 1.165) is 36.1 Å². The molecule has 1 heterocycles. The second-order valence-corrected chi connectivity index (χ2v) is 8.09. The number of sulfonamides is 1. The molecule has 1 unspecified atom stereocenters. The van der Waals surface area contributed by atoms with Gasteiger partial charge in [0.1, 0.15) is 5.75 Å². The standard InChI is InChI=1S/C16H25NO4S/c1-4-5-8-20-13-7-6-12-10-16(2,3)21-15(14(12)9-13)11-22(17,18)19/h6-7,9,15H,4-5,8,10-11H2,1-3H3,(H2,17,18,19). The van der Waals surface area contributed by atoms with E-state index in [9.17, 15) is 8.42 Å². The molecule has 0 radical (unpaired) electrons. The Labute approximate surface area is 132 Å². The zero-order chi connectivity index (χ0) is 16.4. The fourth-order valence-electron chi connectivity index (χ4n) is 2.74. The van der Waals surface area contributed by atoms with Gasteiger partial charge in [0.25, 0.3) is 0 Å². The zero-order valence-electron chi connectivity index (χ0n) is 13.5. The molecule has 0 amide bonds. The van der Waals surface area contributed by atoms with E-state index in [1.165, 1.54) is 0 Å². The predicted molar refractivity (Wildman–Crippen MR) is 86.4 cm³/mol. The SMILES string of the molecule is CCCCOc1ccc2c(c1)C(CS(N)(=O)=O)OC(C)(C)C2. The Kier molecular flexibility index (Phi) is 5.14. The molecule has 2 N–H and O–H groups in total. The van der Waals surface area contributed by atoms with Crippen molar-refractivity contribution < 1.29 is 17.9 Å². The number of nitrogens with two attached hydrogens (primary N) is 1. The van der Waals surface area contributed by atoms with Crippen LogP contribution in [-0.2, 0) is 21.2 Å². The first-order valence-electron chi connectivity index (χ1n) is 7.64. The highest BCUT2D eigenvalue weighted by Crippen LogP contribution is 2.38. The van der Waals surface area contributed by atoms with E-state index in [2.05, 4.69) is 6.92 Å². The quantitative estimate of drug-likeness (QED) is 0.814. The molecule has 1 aliphatic heterocycles. The normalized spacial score (nSPS) is 20.5. The first-order valence-corrected chi connectivity index (χ1v) is 9.35. The second kappa shape index (κ2) is 6.56. The maximum atomic E-state index is 11.5. The first-order chi connectivity index (χ1) is 10.2. The topological polar surface area (TPSA) is 78.6 Å². The summed E-state index contributed by atoms with van der Waals surface area (Å²) >= 11 is 0. The van der Waals surface area contributed by atoms with Crippen molar-refractivity contribution in [1.82, 2.24) is 0 Å². The van der Waals surface area contributed by atoms with Crippen LogP contribution in [0.15, 0.2) is 18.2 Å². The van der Waals surface area contributed by atoms with Gasteiger partial charge in [0.2, 0.25) is 10.0 Å². The fourth-order valence-corrected chi connectivity index (χ4v) is 3.41. The van der Waals surface area contributed by atoms with Gasteiger partial charge < -0.3 is 9.47 Å². The molecule has 22 heavy (non-hydrogen) atoms. The van der Waals surface area contributed by atoms with Gasteiger partial charge in [-0.1, -0.05) is 19.4 Å². The number of unbranched alkanes of at least 4 members (excludes halogenated alkanes) is 1. The second-order valence-electron chi connectivity index (χ2n) is 6.44. The van der Waals surface area contributed by atoms with E-state index in [1.54, 1.807) is 0 Å². The highest BCUT2D eigenvalue weighted by atomic mass is 32.2. The van der Waals surface area contributed by atoms with Crippen molar-refractivity contribution in [3.05, 3.63) is 29.3 Å². The van der Waals surface area contributed by atoms with Crippen LogP contribution in [0.25, 0.3) is 0 Å². The van der Waals surface area contributed by atoms with Crippen LogP contribution in [0.2, 0.25) is 0 Å². The lowest BCUT2D eigenvalue weighted by Crippen LogP contribution is -2.38. The average Bonchev–Trinajstić information content (AvgIpc) is 2.36. The van der Waals surface area contributed by atoms with Crippen molar-refractivity contribution >= 4 is 10.0 Å². The van der Waals surface area contributed by atoms with E-state index in [1.807, 2.05) is 32.0 Å². The summed E-state index contributed by atoms with van der Waals surface area (Å²) < 4.78 is 34.6. The van der Waals surface area contributed by atoms with Gasteiger partial charge in [0.05, 0.1) is 24.1 Å². The molecule has 1 aromatic rings. The molecule has 0 aromatic heterocycles. The summed E-state index contributed by atoms with van der Waals surface area (Å²) in [6, 6.07) is 5.82. The van der Waals surface area contributed by atoms with Crippen molar-refractivity contribution in [1.29, 1.82) is 0 Å². The number of hydrogen-bond acceptors (Lipinski definition) is 4. The van der Waals surface area contributed by atoms with Crippen LogP contribution in [0, 0.1) is 0 Å². The summed E-state index contributed by atoms with van der Waals surface area (Å²) in [6.45, 7) is 6.67. The third-order valence-corrected chi connectivity index (χ3v) is 4.46. The van der Waals surface area contributed by atoms with Crippen molar-refractivity contribution in [2.75, 3.05) is 12.4 Å². The first kappa shape index (κ1) is 17.2. The van der Waals surface area contributed by atoms with Crippen LogP contribution in [0.4, 0.5) is 0 Å². The van der Waals surface area contributed by atoms with Gasteiger partial charge in [-0.3, -0.25) is 0 Å². The zero-order valence-corrected chi connectivity index (χ0v) is 14.3. The lowest BCUT2D eigenvalue weighted by molar-refractivity contribution is -0.0749. The van der Waals surface area contributed by atoms with E-state index in [-0.39, 0.29) is 5.75 Å². The van der Waals surface area contributed by atoms with Crippen LogP contribution in [0.5, 0.6) is 5.75 Å². The number of rotatable bonds is 6. The molecule has 0 aliphatic carbocycles. The lowest BCUT2D eigenvalue weighted by atomic mass is 9.88. The Morgan fingerprint density at radius 3 is 2.77 bits per heavy atom. The molecular formula is C16H25NO4S. The van der Waals surface area contributed by atoms with E-state index < -0.39 is 21.7 Å². The van der Waals surface area contributed by atoms with Gasteiger partial charge in [0.15, 0.2) is 0 Å². The fraction of sp³-hybridized carbons (Fsp3) is 0.625. The van der Waals surface area contributed by atoms with Crippen molar-refractivity contribution in [3.8, 4) is 5.75 Å². The molecule has 0 spiro atoms. The summed E-state index contributed by atoms with van der Waals surface area (Å²) in [5, 5.41) is 5.21. The Morgan fingerprint density at radius 2 is 2.14 bits per heavy atom. The highest BCUT2D eigenvalue weighted by Gasteiger charge is 2.34. The van der Waals surface area contributed by atoms with Gasteiger partial charge in [-0.25, -0.2) is 13.6 Å². The number of ether oxygens (including phenoxy) is 2. The predicted octanol–water partition coefficient (Wildman–Crippen LogP) is 2.55. The molecule has 124 valence electrons. The minimum Gasteiger partial charge on any atom is -0.494 e. The maximum absolute atomic E-state index is 11.5. The monoisotopic (exact) mass is 327 g/mol. The largest absolute Gasteiger partial charge is 0.494 e. The summed E-state index contributed by atoms with van der Waals surface area (Å²) in [6.07, 6.45) is 2.24. The molecule has 0 saturated carbocycles. The summed E-state index contributed by atoms with van der Waals surface area (Å²) in [4.78, 5) is 0. The van der Waals surface area contributed by atoms with Crippen LogP contribution in [-0.4, -0.2) is 26.4 Å². The smallest absolute Gasteiger partial charge is 0.211 e. The van der Waals surface area contributed by atoms with Gasteiger partial charge in [-0.05, 0) is 43.5 Å². The molecule has 5 nitrogen and oxygen atoms in total. The molecule has 6 heteroatoms. The molecule has 1 atom stereocenters. The molecule has 1 aliphatic rings. The number of primary sulfonamides is 1. The Hall–Kier alpha value is -1.11. The molecular weight excluding hydrogens is 302 g/mol. The van der Waals surface area contributed by atoms with E-state index >= 15 is 0 Å². The van der Waals surface area contributed by atoms with Gasteiger partial charge in [-0.15, -0.1) is 0 Å². The van der Waals surface area contributed by atoms with Crippen molar-refractivity contribution in [3.63, 3.8) is 0 Å². The van der Waals surface area contributed by atoms with E-state index in [0.29, 0.717) is 6.61 Å². The van der Waals surface area contributed by atoms with Crippen LogP contribution in [0.3, 0.4) is 0 Å². The van der Waals surface area contributed by atoms with Gasteiger partial charge >= 0.3 is 0 Å². The van der Waals surface area contributed by atoms with E-state index in [4.69, 9.17) is 14.6 Å². The summed E-state index contributed by atoms with van der Waals surface area (Å²) in [5.74, 6) is 0.525. The van der Waals surface area contributed by atoms with Crippen LogP contribution < -0.4 is 9.88 Å². The molecule has 0 bridgehead atoms. The van der Waals surface area contributed by atoms with Gasteiger partial charge in [-0.2, -0.15) is 0 Å². The molecule has 0 fully saturated rings. The molecule has 1 aromatic carbocycles. The van der Waals surface area contributed by atoms with Crippen molar-refractivity contribution in [2.45, 2.75) is 51.7 Å². The molecule has 2 rings (SSSR count). The van der Waals surface area contributed by atoms with Crippen molar-refractivity contribution in [2.24, 2.45) is 5.14 Å². The minimum atomic E-state index is -3.62. The number of benzene rings is 1.